The van der Waals surface area contributed by atoms with Gasteiger partial charge in [0.1, 0.15) is 12.4 Å². The highest BCUT2D eigenvalue weighted by Gasteiger charge is 2.01. The Hall–Kier alpha value is -1.77. The van der Waals surface area contributed by atoms with Crippen molar-refractivity contribution >= 4 is 0 Å². The van der Waals surface area contributed by atoms with E-state index in [1.165, 1.54) is 5.56 Å². The third-order valence-electron chi connectivity index (χ3n) is 2.86. The van der Waals surface area contributed by atoms with Crippen molar-refractivity contribution in [1.29, 1.82) is 0 Å². The average molecular weight is 230 g/mol. The lowest BCUT2D eigenvalue weighted by atomic mass is 10.2. The molecule has 1 aromatic carbocycles. The summed E-state index contributed by atoms with van der Waals surface area (Å²) in [5, 5.41) is 0. The third kappa shape index (κ3) is 2.87. The van der Waals surface area contributed by atoms with E-state index in [-0.39, 0.29) is 0 Å². The van der Waals surface area contributed by atoms with Crippen LogP contribution in [-0.2, 0) is 19.6 Å². The van der Waals surface area contributed by atoms with Gasteiger partial charge >= 0.3 is 0 Å². The molecule has 2 rings (SSSR count). The number of hydrogen-bond acceptors (Lipinski definition) is 2. The van der Waals surface area contributed by atoms with Crippen LogP contribution >= 0.6 is 0 Å². The molecule has 0 aliphatic rings. The van der Waals surface area contributed by atoms with Gasteiger partial charge in [-0.1, -0.05) is 19.1 Å². The molecule has 3 nitrogen and oxygen atoms in total. The van der Waals surface area contributed by atoms with E-state index < -0.39 is 0 Å². The van der Waals surface area contributed by atoms with Gasteiger partial charge in [-0.25, -0.2) is 4.98 Å². The molecular formula is C14H18N2O. The molecule has 0 fully saturated rings. The predicted octanol–water partition coefficient (Wildman–Crippen LogP) is 3.04. The van der Waals surface area contributed by atoms with Crippen LogP contribution < -0.4 is 4.74 Å². The maximum atomic E-state index is 5.73. The lowest BCUT2D eigenvalue weighted by Gasteiger charge is -2.08. The molecule has 0 saturated carbocycles. The summed E-state index contributed by atoms with van der Waals surface area (Å²) < 4.78 is 7.82. The van der Waals surface area contributed by atoms with Gasteiger partial charge in [-0.2, -0.15) is 0 Å². The number of imidazole rings is 1. The monoisotopic (exact) mass is 230 g/mol. The van der Waals surface area contributed by atoms with E-state index in [2.05, 4.69) is 35.5 Å². The van der Waals surface area contributed by atoms with Gasteiger partial charge in [-0.15, -0.1) is 0 Å². The zero-order chi connectivity index (χ0) is 12.1. The molecule has 0 N–H and O–H groups in total. The van der Waals surface area contributed by atoms with Crippen LogP contribution in [0.4, 0.5) is 0 Å². The zero-order valence-corrected chi connectivity index (χ0v) is 10.4. The highest BCUT2D eigenvalue weighted by atomic mass is 16.5. The number of ether oxygens (including phenoxy) is 1. The molecule has 0 spiro atoms. The molecule has 2 aromatic rings. The highest BCUT2D eigenvalue weighted by molar-refractivity contribution is 5.27. The fourth-order valence-electron chi connectivity index (χ4n) is 1.73. The molecule has 0 atom stereocenters. The van der Waals surface area contributed by atoms with Gasteiger partial charge < -0.3 is 9.30 Å². The number of benzene rings is 1. The van der Waals surface area contributed by atoms with Gasteiger partial charge in [0.05, 0.1) is 18.2 Å². The normalized spacial score (nSPS) is 10.5. The average Bonchev–Trinajstić information content (AvgIpc) is 2.84. The fraction of sp³-hybridized carbons (Fsp3) is 0.357. The maximum absolute atomic E-state index is 5.73. The van der Waals surface area contributed by atoms with Gasteiger partial charge in [0.15, 0.2) is 0 Å². The van der Waals surface area contributed by atoms with E-state index in [0.717, 1.165) is 24.4 Å². The molecule has 0 aliphatic heterocycles. The second-order valence-electron chi connectivity index (χ2n) is 3.96. The Bertz CT molecular complexity index is 459. The van der Waals surface area contributed by atoms with E-state index in [1.54, 1.807) is 0 Å². The second kappa shape index (κ2) is 5.53. The molecule has 0 radical (unpaired) electrons. The Morgan fingerprint density at radius 2 is 1.94 bits per heavy atom. The van der Waals surface area contributed by atoms with Crippen LogP contribution in [-0.4, -0.2) is 9.55 Å². The summed E-state index contributed by atoms with van der Waals surface area (Å²) in [5.74, 6) is 0.908. The minimum absolute atomic E-state index is 0.569. The Balaban J connectivity index is 1.97. The third-order valence-corrected chi connectivity index (χ3v) is 2.86. The summed E-state index contributed by atoms with van der Waals surface area (Å²) in [6.07, 6.45) is 4.74. The quantitative estimate of drug-likeness (QED) is 0.789. The van der Waals surface area contributed by atoms with Gasteiger partial charge in [-0.05, 0) is 31.0 Å². The standard InChI is InChI=1S/C14H18N2O/c1-3-12-5-7-14(8-6-12)17-10-13-9-15-11-16(13)4-2/h5-9,11H,3-4,10H2,1-2H3. The van der Waals surface area contributed by atoms with Crippen LogP contribution in [0.3, 0.4) is 0 Å². The topological polar surface area (TPSA) is 27.1 Å². The minimum Gasteiger partial charge on any atom is -0.487 e. The summed E-state index contributed by atoms with van der Waals surface area (Å²) in [7, 11) is 0. The van der Waals surface area contributed by atoms with Gasteiger partial charge in [0.25, 0.3) is 0 Å². The van der Waals surface area contributed by atoms with E-state index in [4.69, 9.17) is 4.74 Å². The zero-order valence-electron chi connectivity index (χ0n) is 10.4. The first kappa shape index (κ1) is 11.7. The SMILES string of the molecule is CCc1ccc(OCc2cncn2CC)cc1. The summed E-state index contributed by atoms with van der Waals surface area (Å²) in [4.78, 5) is 4.12. The van der Waals surface area contributed by atoms with Crippen molar-refractivity contribution < 1.29 is 4.74 Å². The molecule has 3 heteroatoms. The number of hydrogen-bond donors (Lipinski definition) is 0. The first-order chi connectivity index (χ1) is 8.33. The lowest BCUT2D eigenvalue weighted by molar-refractivity contribution is 0.295. The largest absolute Gasteiger partial charge is 0.487 e. The first-order valence-corrected chi connectivity index (χ1v) is 6.04. The lowest BCUT2D eigenvalue weighted by Crippen LogP contribution is -2.03. The van der Waals surface area contributed by atoms with Crippen molar-refractivity contribution in [2.24, 2.45) is 0 Å². The van der Waals surface area contributed by atoms with Crippen molar-refractivity contribution in [3.63, 3.8) is 0 Å². The molecule has 17 heavy (non-hydrogen) atoms. The molecule has 0 aliphatic carbocycles. The van der Waals surface area contributed by atoms with Crippen molar-refractivity contribution in [1.82, 2.24) is 9.55 Å². The summed E-state index contributed by atoms with van der Waals surface area (Å²) in [5.41, 5.74) is 2.43. The number of rotatable bonds is 5. The Morgan fingerprint density at radius 1 is 1.18 bits per heavy atom. The van der Waals surface area contributed by atoms with Gasteiger partial charge in [0, 0.05) is 6.54 Å². The molecule has 1 heterocycles. The van der Waals surface area contributed by atoms with Crippen molar-refractivity contribution in [2.75, 3.05) is 0 Å². The molecular weight excluding hydrogens is 212 g/mol. The Kier molecular flexibility index (Phi) is 3.81. The minimum atomic E-state index is 0.569. The van der Waals surface area contributed by atoms with E-state index in [1.807, 2.05) is 24.7 Å². The van der Waals surface area contributed by atoms with E-state index >= 15 is 0 Å². The van der Waals surface area contributed by atoms with Crippen molar-refractivity contribution in [3.05, 3.63) is 48.0 Å². The highest BCUT2D eigenvalue weighted by Crippen LogP contribution is 2.14. The van der Waals surface area contributed by atoms with E-state index in [0.29, 0.717) is 6.61 Å². The van der Waals surface area contributed by atoms with Crippen LogP contribution in [0.2, 0.25) is 0 Å². The Labute approximate surface area is 102 Å². The molecule has 0 saturated heterocycles. The number of nitrogens with zero attached hydrogens (tertiary/aromatic N) is 2. The first-order valence-electron chi connectivity index (χ1n) is 6.04. The van der Waals surface area contributed by atoms with Gasteiger partial charge in [-0.3, -0.25) is 0 Å². The van der Waals surface area contributed by atoms with Crippen LogP contribution in [0.25, 0.3) is 0 Å². The molecule has 1 aromatic heterocycles. The number of aryl methyl sites for hydroxylation is 2. The fourth-order valence-corrected chi connectivity index (χ4v) is 1.73. The van der Waals surface area contributed by atoms with Crippen molar-refractivity contribution in [3.8, 4) is 5.75 Å². The van der Waals surface area contributed by atoms with E-state index in [9.17, 15) is 0 Å². The summed E-state index contributed by atoms with van der Waals surface area (Å²) in [6.45, 7) is 5.74. The van der Waals surface area contributed by atoms with Crippen LogP contribution in [0.5, 0.6) is 5.75 Å². The molecule has 0 unspecified atom stereocenters. The van der Waals surface area contributed by atoms with Crippen LogP contribution in [0.1, 0.15) is 25.1 Å². The molecule has 0 amide bonds. The Morgan fingerprint density at radius 3 is 2.59 bits per heavy atom. The van der Waals surface area contributed by atoms with Gasteiger partial charge in [0.2, 0.25) is 0 Å². The predicted molar refractivity (Wildman–Crippen MR) is 68.1 cm³/mol. The van der Waals surface area contributed by atoms with Crippen LogP contribution in [0.15, 0.2) is 36.8 Å². The summed E-state index contributed by atoms with van der Waals surface area (Å²) >= 11 is 0. The molecule has 0 bridgehead atoms. The molecule has 90 valence electrons. The van der Waals surface area contributed by atoms with Crippen molar-refractivity contribution in [2.45, 2.75) is 33.4 Å². The maximum Gasteiger partial charge on any atom is 0.130 e. The van der Waals surface area contributed by atoms with Crippen LogP contribution in [0, 0.1) is 0 Å². The second-order valence-corrected chi connectivity index (χ2v) is 3.96. The number of aromatic nitrogens is 2. The summed E-state index contributed by atoms with van der Waals surface area (Å²) in [6, 6.07) is 8.25. The smallest absolute Gasteiger partial charge is 0.130 e.